The average molecular weight is 275 g/mol. The fourth-order valence-electron chi connectivity index (χ4n) is 3.19. The van der Waals surface area contributed by atoms with Crippen molar-refractivity contribution < 1.29 is 9.90 Å². The molecule has 1 saturated carbocycles. The second kappa shape index (κ2) is 4.73. The van der Waals surface area contributed by atoms with Gasteiger partial charge >= 0.3 is 5.97 Å². The van der Waals surface area contributed by atoms with Gasteiger partial charge in [0.2, 0.25) is 0 Å². The second-order valence-corrected chi connectivity index (χ2v) is 5.60. The van der Waals surface area contributed by atoms with Crippen LogP contribution < -0.4 is 5.73 Å². The van der Waals surface area contributed by atoms with E-state index >= 15 is 0 Å². The van der Waals surface area contributed by atoms with E-state index in [0.717, 1.165) is 31.5 Å². The summed E-state index contributed by atoms with van der Waals surface area (Å²) in [5, 5.41) is 9.13. The number of aromatic nitrogens is 4. The van der Waals surface area contributed by atoms with Crippen LogP contribution in [0.3, 0.4) is 0 Å². The predicted octanol–water partition coefficient (Wildman–Crippen LogP) is 1.51. The molecule has 0 saturated heterocycles. The van der Waals surface area contributed by atoms with E-state index in [0.29, 0.717) is 23.4 Å². The summed E-state index contributed by atoms with van der Waals surface area (Å²) in [7, 11) is 0. The Hall–Kier alpha value is -2.18. The Labute approximate surface area is 115 Å². The molecule has 2 heterocycles. The molecular formula is C13H17N5O2. The summed E-state index contributed by atoms with van der Waals surface area (Å²) >= 11 is 0. The molecule has 0 atom stereocenters. The molecule has 106 valence electrons. The molecule has 1 aliphatic carbocycles. The highest BCUT2D eigenvalue weighted by molar-refractivity contribution is 5.81. The number of rotatable bonds is 4. The van der Waals surface area contributed by atoms with Crippen LogP contribution in [0.2, 0.25) is 0 Å². The quantitative estimate of drug-likeness (QED) is 0.778. The molecule has 1 aliphatic rings. The molecule has 7 heteroatoms. The third-order valence-electron chi connectivity index (χ3n) is 4.10. The SMILES string of the molecule is Nc1ncnc2nc(CC3(CC(=O)O)CCCC3)[nH]c12. The molecule has 3 rings (SSSR count). The van der Waals surface area contributed by atoms with Gasteiger partial charge in [0.15, 0.2) is 11.5 Å². The van der Waals surface area contributed by atoms with Crippen LogP contribution in [-0.2, 0) is 11.2 Å². The molecule has 7 nitrogen and oxygen atoms in total. The number of nitrogens with one attached hydrogen (secondary N) is 1. The first-order valence-electron chi connectivity index (χ1n) is 6.75. The van der Waals surface area contributed by atoms with Crippen LogP contribution >= 0.6 is 0 Å². The Kier molecular flexibility index (Phi) is 3.04. The number of carbonyl (C=O) groups is 1. The third-order valence-corrected chi connectivity index (χ3v) is 4.10. The molecule has 0 bridgehead atoms. The Balaban J connectivity index is 1.90. The molecule has 1 fully saturated rings. The molecule has 2 aromatic heterocycles. The van der Waals surface area contributed by atoms with Crippen molar-refractivity contribution in [1.29, 1.82) is 0 Å². The lowest BCUT2D eigenvalue weighted by molar-refractivity contribution is -0.139. The fraction of sp³-hybridized carbons (Fsp3) is 0.538. The molecule has 0 amide bonds. The van der Waals surface area contributed by atoms with Crippen molar-refractivity contribution in [3.8, 4) is 0 Å². The number of imidazole rings is 1. The van der Waals surface area contributed by atoms with Gasteiger partial charge in [-0.3, -0.25) is 4.79 Å². The Morgan fingerprint density at radius 2 is 2.15 bits per heavy atom. The molecule has 0 aromatic carbocycles. The molecule has 20 heavy (non-hydrogen) atoms. The predicted molar refractivity (Wildman–Crippen MR) is 73.0 cm³/mol. The minimum absolute atomic E-state index is 0.186. The Morgan fingerprint density at radius 3 is 2.80 bits per heavy atom. The summed E-state index contributed by atoms with van der Waals surface area (Å²) in [6.45, 7) is 0. The molecular weight excluding hydrogens is 258 g/mol. The summed E-state index contributed by atoms with van der Waals surface area (Å²) < 4.78 is 0. The number of nitrogens with zero attached hydrogens (tertiary/aromatic N) is 3. The van der Waals surface area contributed by atoms with Gasteiger partial charge in [-0.15, -0.1) is 0 Å². The maximum Gasteiger partial charge on any atom is 0.303 e. The lowest BCUT2D eigenvalue weighted by Gasteiger charge is -2.25. The maximum absolute atomic E-state index is 11.1. The van der Waals surface area contributed by atoms with E-state index in [1.54, 1.807) is 0 Å². The summed E-state index contributed by atoms with van der Waals surface area (Å²) in [6.07, 6.45) is 6.20. The van der Waals surface area contributed by atoms with Crippen LogP contribution in [0.4, 0.5) is 5.82 Å². The maximum atomic E-state index is 11.1. The topological polar surface area (TPSA) is 118 Å². The molecule has 4 N–H and O–H groups in total. The first kappa shape index (κ1) is 12.8. The lowest BCUT2D eigenvalue weighted by Crippen LogP contribution is -2.24. The van der Waals surface area contributed by atoms with Gasteiger partial charge < -0.3 is 15.8 Å². The zero-order chi connectivity index (χ0) is 14.2. The number of carboxylic acids is 1. The number of aliphatic carboxylic acids is 1. The van der Waals surface area contributed by atoms with E-state index < -0.39 is 5.97 Å². The van der Waals surface area contributed by atoms with E-state index in [1.165, 1.54) is 6.33 Å². The van der Waals surface area contributed by atoms with E-state index in [2.05, 4.69) is 19.9 Å². The van der Waals surface area contributed by atoms with Gasteiger partial charge in [-0.1, -0.05) is 12.8 Å². The van der Waals surface area contributed by atoms with Crippen molar-refractivity contribution >= 4 is 23.0 Å². The summed E-state index contributed by atoms with van der Waals surface area (Å²) in [4.78, 5) is 26.6. The van der Waals surface area contributed by atoms with Crippen LogP contribution in [0.15, 0.2) is 6.33 Å². The van der Waals surface area contributed by atoms with Crippen molar-refractivity contribution in [2.24, 2.45) is 5.41 Å². The van der Waals surface area contributed by atoms with Crippen LogP contribution in [-0.4, -0.2) is 31.0 Å². The first-order chi connectivity index (χ1) is 9.58. The van der Waals surface area contributed by atoms with Crippen molar-refractivity contribution in [2.75, 3.05) is 5.73 Å². The Bertz CT molecular complexity index is 645. The molecule has 0 spiro atoms. The van der Waals surface area contributed by atoms with Crippen LogP contribution in [0.1, 0.15) is 37.9 Å². The monoisotopic (exact) mass is 275 g/mol. The van der Waals surface area contributed by atoms with Crippen LogP contribution in [0, 0.1) is 5.41 Å². The van der Waals surface area contributed by atoms with Crippen molar-refractivity contribution in [2.45, 2.75) is 38.5 Å². The van der Waals surface area contributed by atoms with Gasteiger partial charge in [-0.05, 0) is 18.3 Å². The van der Waals surface area contributed by atoms with Gasteiger partial charge in [-0.25, -0.2) is 15.0 Å². The van der Waals surface area contributed by atoms with Gasteiger partial charge in [0.05, 0.1) is 6.42 Å². The van der Waals surface area contributed by atoms with Crippen molar-refractivity contribution in [1.82, 2.24) is 19.9 Å². The van der Waals surface area contributed by atoms with E-state index in [9.17, 15) is 4.79 Å². The smallest absolute Gasteiger partial charge is 0.303 e. The number of aromatic amines is 1. The van der Waals surface area contributed by atoms with E-state index in [4.69, 9.17) is 10.8 Å². The summed E-state index contributed by atoms with van der Waals surface area (Å²) in [5.41, 5.74) is 6.75. The number of nitrogens with two attached hydrogens (primary N) is 1. The minimum atomic E-state index is -0.748. The lowest BCUT2D eigenvalue weighted by atomic mass is 9.79. The minimum Gasteiger partial charge on any atom is -0.481 e. The zero-order valence-corrected chi connectivity index (χ0v) is 11.1. The van der Waals surface area contributed by atoms with E-state index in [-0.39, 0.29) is 11.8 Å². The number of anilines is 1. The number of carboxylic acid groups (broad SMARTS) is 1. The second-order valence-electron chi connectivity index (χ2n) is 5.60. The number of fused-ring (bicyclic) bond motifs is 1. The number of H-pyrrole nitrogens is 1. The van der Waals surface area contributed by atoms with Gasteiger partial charge in [0, 0.05) is 6.42 Å². The highest BCUT2D eigenvalue weighted by atomic mass is 16.4. The van der Waals surface area contributed by atoms with Crippen LogP contribution in [0.5, 0.6) is 0 Å². The highest BCUT2D eigenvalue weighted by Gasteiger charge is 2.37. The zero-order valence-electron chi connectivity index (χ0n) is 11.1. The standard InChI is InChI=1S/C13H17N5O2/c14-11-10-12(16-7-15-11)18-8(17-10)5-13(6-9(19)20)3-1-2-4-13/h7H,1-6H2,(H,19,20)(H3,14,15,16,17,18). The van der Waals surface area contributed by atoms with Crippen molar-refractivity contribution in [3.63, 3.8) is 0 Å². The fourth-order valence-corrected chi connectivity index (χ4v) is 3.19. The largest absolute Gasteiger partial charge is 0.481 e. The normalized spacial score (nSPS) is 17.6. The Morgan fingerprint density at radius 1 is 1.40 bits per heavy atom. The number of hydrogen-bond donors (Lipinski definition) is 3. The van der Waals surface area contributed by atoms with Gasteiger partial charge in [0.25, 0.3) is 0 Å². The van der Waals surface area contributed by atoms with Gasteiger partial charge in [-0.2, -0.15) is 0 Å². The number of nitrogen functional groups attached to an aromatic ring is 1. The third kappa shape index (κ3) is 2.31. The molecule has 0 unspecified atom stereocenters. The molecule has 0 aliphatic heterocycles. The number of hydrogen-bond acceptors (Lipinski definition) is 5. The molecule has 2 aromatic rings. The summed E-state index contributed by atoms with van der Waals surface area (Å²) in [6, 6.07) is 0. The summed E-state index contributed by atoms with van der Waals surface area (Å²) in [5.74, 6) is 0.366. The first-order valence-corrected chi connectivity index (χ1v) is 6.75. The average Bonchev–Trinajstić information content (AvgIpc) is 2.96. The van der Waals surface area contributed by atoms with E-state index in [1.807, 2.05) is 0 Å². The molecule has 0 radical (unpaired) electrons. The van der Waals surface area contributed by atoms with Crippen molar-refractivity contribution in [3.05, 3.63) is 12.2 Å². The van der Waals surface area contributed by atoms with Gasteiger partial charge in [0.1, 0.15) is 17.7 Å². The van der Waals surface area contributed by atoms with Crippen LogP contribution in [0.25, 0.3) is 11.2 Å². The highest BCUT2D eigenvalue weighted by Crippen LogP contribution is 2.43.